The first kappa shape index (κ1) is 22.7. The lowest BCUT2D eigenvalue weighted by molar-refractivity contribution is -0.118. The highest BCUT2D eigenvalue weighted by Gasteiger charge is 2.43. The van der Waals surface area contributed by atoms with E-state index in [1.54, 1.807) is 24.1 Å². The third kappa shape index (κ3) is 4.28. The Hall–Kier alpha value is -4.06. The lowest BCUT2D eigenvalue weighted by atomic mass is 9.73. The smallest absolute Gasteiger partial charge is 0.327 e. The number of Topliss-reactive ketones (excluding diaryl/α,β-unsaturated/α-hetero) is 1. The summed E-state index contributed by atoms with van der Waals surface area (Å²) < 4.78 is 5.46. The van der Waals surface area contributed by atoms with Crippen LogP contribution in [0.4, 0.5) is 21.9 Å². The van der Waals surface area contributed by atoms with Crippen molar-refractivity contribution < 1.29 is 14.3 Å². The standard InChI is InChI=1S/C29H29N3O3/c1-29(2)17-22-26(24(33)18-29)27(19-11-5-4-6-12-19)32(23-15-9-7-13-20(23)30-22)28(34)31-21-14-8-10-16-25(21)35-3/h4-16,27,30H,17-18H2,1-3H3,(H,31,34)/t27-/m1/s1. The number of carbonyl (C=O) groups is 2. The molecule has 0 fully saturated rings. The molecule has 3 aromatic rings. The van der Waals surface area contributed by atoms with E-state index in [0.29, 0.717) is 35.5 Å². The summed E-state index contributed by atoms with van der Waals surface area (Å²) in [6.07, 6.45) is 1.14. The van der Waals surface area contributed by atoms with E-state index in [1.165, 1.54) is 0 Å². The Bertz CT molecular complexity index is 1310. The molecule has 2 amide bonds. The molecule has 6 heteroatoms. The van der Waals surface area contributed by atoms with Crippen LogP contribution in [-0.4, -0.2) is 18.9 Å². The van der Waals surface area contributed by atoms with Crippen LogP contribution in [0, 0.1) is 5.41 Å². The predicted octanol–water partition coefficient (Wildman–Crippen LogP) is 6.54. The molecule has 2 aliphatic rings. The third-order valence-corrected chi connectivity index (χ3v) is 6.58. The number of methoxy groups -OCH3 is 1. The number of fused-ring (bicyclic) bond motifs is 1. The van der Waals surface area contributed by atoms with Gasteiger partial charge in [0.05, 0.1) is 30.2 Å². The van der Waals surface area contributed by atoms with Crippen molar-refractivity contribution in [2.75, 3.05) is 22.6 Å². The molecule has 1 aliphatic heterocycles. The van der Waals surface area contributed by atoms with Crippen LogP contribution in [0.1, 0.15) is 38.3 Å². The van der Waals surface area contributed by atoms with E-state index in [1.807, 2.05) is 66.7 Å². The van der Waals surface area contributed by atoms with Crippen LogP contribution in [0.5, 0.6) is 5.75 Å². The number of allylic oxidation sites excluding steroid dienone is 1. The van der Waals surface area contributed by atoms with Gasteiger partial charge >= 0.3 is 6.03 Å². The van der Waals surface area contributed by atoms with E-state index in [4.69, 9.17) is 4.74 Å². The second-order valence-electron chi connectivity index (χ2n) is 9.79. The zero-order valence-electron chi connectivity index (χ0n) is 20.2. The van der Waals surface area contributed by atoms with Crippen LogP contribution < -0.4 is 20.3 Å². The van der Waals surface area contributed by atoms with Gasteiger partial charge in [0.25, 0.3) is 0 Å². The number of urea groups is 1. The average Bonchev–Trinajstić information content (AvgIpc) is 2.98. The van der Waals surface area contributed by atoms with E-state index in [0.717, 1.165) is 16.9 Å². The number of anilines is 3. The quantitative estimate of drug-likeness (QED) is 0.459. The molecule has 0 radical (unpaired) electrons. The molecule has 1 atom stereocenters. The highest BCUT2D eigenvalue weighted by Crippen LogP contribution is 2.48. The van der Waals surface area contributed by atoms with E-state index >= 15 is 0 Å². The number of benzene rings is 3. The maximum Gasteiger partial charge on any atom is 0.327 e. The molecule has 3 aromatic carbocycles. The minimum Gasteiger partial charge on any atom is -0.495 e. The number of carbonyl (C=O) groups excluding carboxylic acids is 2. The van der Waals surface area contributed by atoms with Crippen LogP contribution in [0.25, 0.3) is 0 Å². The van der Waals surface area contributed by atoms with Gasteiger partial charge < -0.3 is 15.4 Å². The normalized spacial score (nSPS) is 18.7. The minimum atomic E-state index is -0.583. The molecule has 0 spiro atoms. The van der Waals surface area contributed by atoms with Gasteiger partial charge in [-0.2, -0.15) is 0 Å². The van der Waals surface area contributed by atoms with E-state index in [9.17, 15) is 9.59 Å². The summed E-state index contributed by atoms with van der Waals surface area (Å²) in [5.74, 6) is 0.620. The summed E-state index contributed by atoms with van der Waals surface area (Å²) in [4.78, 5) is 29.4. The van der Waals surface area contributed by atoms with E-state index < -0.39 is 6.04 Å². The Morgan fingerprint density at radius 1 is 0.971 bits per heavy atom. The number of hydrogen-bond donors (Lipinski definition) is 2. The molecule has 1 heterocycles. The van der Waals surface area contributed by atoms with Gasteiger partial charge in [-0.25, -0.2) is 4.79 Å². The molecule has 0 unspecified atom stereocenters. The maximum absolute atomic E-state index is 14.0. The number of ether oxygens (including phenoxy) is 1. The van der Waals surface area contributed by atoms with Crippen molar-refractivity contribution in [3.8, 4) is 5.75 Å². The molecular formula is C29H29N3O3. The topological polar surface area (TPSA) is 70.7 Å². The molecule has 0 saturated carbocycles. The molecule has 0 saturated heterocycles. The van der Waals surface area contributed by atoms with Gasteiger partial charge in [-0.3, -0.25) is 9.69 Å². The van der Waals surface area contributed by atoms with Crippen molar-refractivity contribution in [2.24, 2.45) is 5.41 Å². The van der Waals surface area contributed by atoms with Crippen LogP contribution in [0.3, 0.4) is 0 Å². The first-order valence-corrected chi connectivity index (χ1v) is 11.8. The van der Waals surface area contributed by atoms with Gasteiger partial charge in [0.1, 0.15) is 5.75 Å². The van der Waals surface area contributed by atoms with Gasteiger partial charge in [-0.15, -0.1) is 0 Å². The average molecular weight is 468 g/mol. The highest BCUT2D eigenvalue weighted by molar-refractivity contribution is 6.09. The molecule has 35 heavy (non-hydrogen) atoms. The number of ketones is 1. The zero-order valence-corrected chi connectivity index (χ0v) is 20.2. The number of nitrogens with one attached hydrogen (secondary N) is 2. The molecule has 1 aliphatic carbocycles. The van der Waals surface area contributed by atoms with Crippen LogP contribution in [-0.2, 0) is 4.79 Å². The summed E-state index contributed by atoms with van der Waals surface area (Å²) in [7, 11) is 1.57. The zero-order chi connectivity index (χ0) is 24.6. The Morgan fingerprint density at radius 3 is 2.43 bits per heavy atom. The van der Waals surface area contributed by atoms with Gasteiger partial charge in [0.2, 0.25) is 0 Å². The summed E-state index contributed by atoms with van der Waals surface area (Å²) >= 11 is 0. The first-order valence-electron chi connectivity index (χ1n) is 11.8. The second kappa shape index (κ2) is 8.95. The molecule has 6 nitrogen and oxygen atoms in total. The first-order chi connectivity index (χ1) is 16.9. The fraction of sp³-hybridized carbons (Fsp3) is 0.241. The van der Waals surface area contributed by atoms with Gasteiger partial charge in [0, 0.05) is 17.7 Å². The van der Waals surface area contributed by atoms with Crippen molar-refractivity contribution in [1.29, 1.82) is 0 Å². The van der Waals surface area contributed by atoms with Crippen molar-refractivity contribution in [3.63, 3.8) is 0 Å². The van der Waals surface area contributed by atoms with Crippen LogP contribution in [0.15, 0.2) is 90.1 Å². The van der Waals surface area contributed by atoms with Gasteiger partial charge in [-0.1, -0.05) is 68.4 Å². The molecular weight excluding hydrogens is 438 g/mol. The fourth-order valence-electron chi connectivity index (χ4n) is 5.08. The van der Waals surface area contributed by atoms with Crippen molar-refractivity contribution in [2.45, 2.75) is 32.7 Å². The number of rotatable bonds is 3. The molecule has 5 rings (SSSR count). The van der Waals surface area contributed by atoms with Crippen molar-refractivity contribution in [3.05, 3.63) is 95.7 Å². The van der Waals surface area contributed by atoms with Crippen molar-refractivity contribution in [1.82, 2.24) is 0 Å². The number of nitrogens with zero attached hydrogens (tertiary/aromatic N) is 1. The largest absolute Gasteiger partial charge is 0.495 e. The number of hydrogen-bond acceptors (Lipinski definition) is 4. The number of para-hydroxylation sites is 4. The lowest BCUT2D eigenvalue weighted by Crippen LogP contribution is -2.41. The minimum absolute atomic E-state index is 0.0560. The van der Waals surface area contributed by atoms with E-state index in [2.05, 4.69) is 24.5 Å². The fourth-order valence-corrected chi connectivity index (χ4v) is 5.08. The number of amides is 2. The van der Waals surface area contributed by atoms with Gasteiger partial charge in [0.15, 0.2) is 5.78 Å². The second-order valence-corrected chi connectivity index (χ2v) is 9.79. The molecule has 0 aromatic heterocycles. The monoisotopic (exact) mass is 467 g/mol. The summed E-state index contributed by atoms with van der Waals surface area (Å²) in [5.41, 5.74) is 4.27. The predicted molar refractivity (Wildman–Crippen MR) is 139 cm³/mol. The molecule has 0 bridgehead atoms. The van der Waals surface area contributed by atoms with Gasteiger partial charge in [-0.05, 0) is 41.7 Å². The van der Waals surface area contributed by atoms with Crippen molar-refractivity contribution >= 4 is 28.9 Å². The highest BCUT2D eigenvalue weighted by atomic mass is 16.5. The Kier molecular flexibility index (Phi) is 5.81. The Balaban J connectivity index is 1.71. The molecule has 178 valence electrons. The van der Waals surface area contributed by atoms with Crippen LogP contribution >= 0.6 is 0 Å². The SMILES string of the molecule is COc1ccccc1NC(=O)N1c2ccccc2NC2=C(C(=O)CC(C)(C)C2)[C@H]1c1ccccc1. The summed E-state index contributed by atoms with van der Waals surface area (Å²) in [6, 6.07) is 23.8. The summed E-state index contributed by atoms with van der Waals surface area (Å²) in [5, 5.41) is 6.56. The third-order valence-electron chi connectivity index (χ3n) is 6.58. The summed E-state index contributed by atoms with van der Waals surface area (Å²) in [6.45, 7) is 4.22. The molecule has 2 N–H and O–H groups in total. The Labute approximate surface area is 205 Å². The Morgan fingerprint density at radius 2 is 1.66 bits per heavy atom. The van der Waals surface area contributed by atoms with E-state index in [-0.39, 0.29) is 17.2 Å². The van der Waals surface area contributed by atoms with Crippen LogP contribution in [0.2, 0.25) is 0 Å². The maximum atomic E-state index is 14.0. The lowest BCUT2D eigenvalue weighted by Gasteiger charge is -2.37.